The minimum atomic E-state index is -0.586. The number of carbonyl (C=O) groups is 1. The lowest BCUT2D eigenvalue weighted by atomic mass is 10.3. The number of aromatic nitrogens is 3. The van der Waals surface area contributed by atoms with Gasteiger partial charge in [-0.05, 0) is 23.7 Å². The average molecular weight is 226 g/mol. The van der Waals surface area contributed by atoms with Crippen LogP contribution in [-0.2, 0) is 0 Å². The molecule has 0 atom stereocenters. The summed E-state index contributed by atoms with van der Waals surface area (Å²) in [7, 11) is 0. The van der Waals surface area contributed by atoms with Crippen molar-refractivity contribution in [1.82, 2.24) is 15.2 Å². The number of nitrogens with zero attached hydrogens (tertiary/aromatic N) is 3. The van der Waals surface area contributed by atoms with E-state index < -0.39 is 5.24 Å². The predicted octanol–water partition coefficient (Wildman–Crippen LogP) is 1.98. The van der Waals surface area contributed by atoms with Crippen molar-refractivity contribution in [3.05, 3.63) is 29.5 Å². The Morgan fingerprint density at radius 1 is 1.43 bits per heavy atom. The fourth-order valence-electron chi connectivity index (χ4n) is 0.909. The van der Waals surface area contributed by atoms with Crippen molar-refractivity contribution in [3.8, 4) is 10.6 Å². The van der Waals surface area contributed by atoms with Crippen LogP contribution >= 0.6 is 22.9 Å². The van der Waals surface area contributed by atoms with Crippen molar-refractivity contribution >= 4 is 28.2 Å². The zero-order valence-corrected chi connectivity index (χ0v) is 8.42. The molecule has 0 amide bonds. The fraction of sp³-hybridized carbons (Fsp3) is 0. The molecule has 14 heavy (non-hydrogen) atoms. The Kier molecular flexibility index (Phi) is 2.51. The number of carbonyl (C=O) groups excluding carboxylic acids is 1. The third kappa shape index (κ3) is 1.78. The molecular formula is C8H4ClN3OS. The molecule has 0 saturated carbocycles. The molecule has 70 valence electrons. The molecule has 0 aliphatic heterocycles. The molecule has 2 aromatic heterocycles. The Hall–Kier alpha value is -1.33. The van der Waals surface area contributed by atoms with Crippen LogP contribution in [-0.4, -0.2) is 20.4 Å². The summed E-state index contributed by atoms with van der Waals surface area (Å²) in [5, 5.41) is 7.74. The molecule has 0 bridgehead atoms. The summed E-state index contributed by atoms with van der Waals surface area (Å²) < 4.78 is 0. The third-order valence-corrected chi connectivity index (χ3v) is 2.76. The van der Waals surface area contributed by atoms with Gasteiger partial charge in [0.25, 0.3) is 5.24 Å². The minimum absolute atomic E-state index is 0.200. The standard InChI is InChI=1S/C8H4ClN3OS/c9-6(13)8-12-11-7(14-8)5-2-1-3-10-4-5/h1-4H. The number of hydrogen-bond acceptors (Lipinski definition) is 5. The van der Waals surface area contributed by atoms with E-state index in [4.69, 9.17) is 11.6 Å². The summed E-state index contributed by atoms with van der Waals surface area (Å²) in [6.45, 7) is 0. The van der Waals surface area contributed by atoms with E-state index in [2.05, 4.69) is 15.2 Å². The molecule has 0 aliphatic carbocycles. The van der Waals surface area contributed by atoms with Crippen molar-refractivity contribution in [2.45, 2.75) is 0 Å². The van der Waals surface area contributed by atoms with Gasteiger partial charge >= 0.3 is 0 Å². The van der Waals surface area contributed by atoms with Crippen LogP contribution in [0, 0.1) is 0 Å². The second-order valence-corrected chi connectivity index (χ2v) is 3.75. The molecule has 2 aromatic rings. The van der Waals surface area contributed by atoms with Crippen LogP contribution in [0.1, 0.15) is 9.80 Å². The van der Waals surface area contributed by atoms with Gasteiger partial charge in [-0.15, -0.1) is 10.2 Å². The van der Waals surface area contributed by atoms with Gasteiger partial charge in [0.05, 0.1) is 0 Å². The maximum Gasteiger partial charge on any atom is 0.283 e. The highest BCUT2D eigenvalue weighted by Gasteiger charge is 2.10. The number of halogens is 1. The molecule has 0 unspecified atom stereocenters. The van der Waals surface area contributed by atoms with Crippen LogP contribution in [0.25, 0.3) is 10.6 Å². The summed E-state index contributed by atoms with van der Waals surface area (Å²) in [5.41, 5.74) is 0.828. The Bertz CT molecular complexity index is 457. The van der Waals surface area contributed by atoms with E-state index in [1.54, 1.807) is 18.5 Å². The molecule has 2 rings (SSSR count). The first kappa shape index (κ1) is 9.23. The maximum absolute atomic E-state index is 10.7. The molecule has 0 saturated heterocycles. The van der Waals surface area contributed by atoms with Crippen LogP contribution in [0.3, 0.4) is 0 Å². The summed E-state index contributed by atoms with van der Waals surface area (Å²) in [4.78, 5) is 14.7. The first-order chi connectivity index (χ1) is 6.77. The summed E-state index contributed by atoms with van der Waals surface area (Å²) in [6.07, 6.45) is 3.32. The van der Waals surface area contributed by atoms with Crippen molar-refractivity contribution in [2.24, 2.45) is 0 Å². The molecule has 0 aliphatic rings. The third-order valence-electron chi connectivity index (χ3n) is 1.50. The molecule has 0 spiro atoms. The Morgan fingerprint density at radius 2 is 2.29 bits per heavy atom. The molecule has 2 heterocycles. The van der Waals surface area contributed by atoms with Crippen LogP contribution in [0.5, 0.6) is 0 Å². The van der Waals surface area contributed by atoms with Crippen LogP contribution in [0.4, 0.5) is 0 Å². The topological polar surface area (TPSA) is 55.7 Å². The van der Waals surface area contributed by atoms with Gasteiger partial charge in [0, 0.05) is 18.0 Å². The van der Waals surface area contributed by atoms with Gasteiger partial charge in [0.1, 0.15) is 5.01 Å². The van der Waals surface area contributed by atoms with E-state index in [0.29, 0.717) is 5.01 Å². The number of rotatable bonds is 2. The second-order valence-electron chi connectivity index (χ2n) is 2.43. The highest BCUT2D eigenvalue weighted by molar-refractivity contribution is 7.18. The van der Waals surface area contributed by atoms with Gasteiger partial charge in [-0.3, -0.25) is 9.78 Å². The molecule has 0 aromatic carbocycles. The summed E-state index contributed by atoms with van der Waals surface area (Å²) >= 11 is 6.41. The largest absolute Gasteiger partial charge is 0.283 e. The van der Waals surface area contributed by atoms with E-state index in [9.17, 15) is 4.79 Å². The molecule has 6 heteroatoms. The van der Waals surface area contributed by atoms with E-state index >= 15 is 0 Å². The SMILES string of the molecule is O=C(Cl)c1nnc(-c2cccnc2)s1. The second kappa shape index (κ2) is 3.81. The molecule has 0 fully saturated rings. The lowest BCUT2D eigenvalue weighted by Gasteiger charge is -1.90. The van der Waals surface area contributed by atoms with Crippen molar-refractivity contribution < 1.29 is 4.79 Å². The summed E-state index contributed by atoms with van der Waals surface area (Å²) in [6, 6.07) is 3.63. The highest BCUT2D eigenvalue weighted by Crippen LogP contribution is 2.22. The monoisotopic (exact) mass is 225 g/mol. The predicted molar refractivity (Wildman–Crippen MR) is 53.3 cm³/mol. The quantitative estimate of drug-likeness (QED) is 0.734. The molecule has 4 nitrogen and oxygen atoms in total. The van der Waals surface area contributed by atoms with Gasteiger partial charge in [0.2, 0.25) is 5.01 Å². The maximum atomic E-state index is 10.7. The van der Waals surface area contributed by atoms with Gasteiger partial charge < -0.3 is 0 Å². The Balaban J connectivity index is 2.39. The molecule has 0 radical (unpaired) electrons. The van der Waals surface area contributed by atoms with Gasteiger partial charge in [-0.2, -0.15) is 0 Å². The molecule has 0 N–H and O–H groups in total. The van der Waals surface area contributed by atoms with E-state index in [1.165, 1.54) is 0 Å². The van der Waals surface area contributed by atoms with Crippen LogP contribution in [0.2, 0.25) is 0 Å². The Morgan fingerprint density at radius 3 is 2.86 bits per heavy atom. The fourth-order valence-corrected chi connectivity index (χ4v) is 1.73. The lowest BCUT2D eigenvalue weighted by Crippen LogP contribution is -1.85. The van der Waals surface area contributed by atoms with Crippen molar-refractivity contribution in [3.63, 3.8) is 0 Å². The Labute approximate surface area is 88.6 Å². The number of pyridine rings is 1. The van der Waals surface area contributed by atoms with E-state index in [-0.39, 0.29) is 5.01 Å². The minimum Gasteiger partial charge on any atom is -0.273 e. The van der Waals surface area contributed by atoms with E-state index in [0.717, 1.165) is 16.9 Å². The smallest absolute Gasteiger partial charge is 0.273 e. The highest BCUT2D eigenvalue weighted by atomic mass is 35.5. The van der Waals surface area contributed by atoms with Gasteiger partial charge in [-0.1, -0.05) is 11.3 Å². The average Bonchev–Trinajstić information content (AvgIpc) is 2.68. The van der Waals surface area contributed by atoms with Gasteiger partial charge in [-0.25, -0.2) is 0 Å². The van der Waals surface area contributed by atoms with Crippen molar-refractivity contribution in [2.75, 3.05) is 0 Å². The lowest BCUT2D eigenvalue weighted by molar-refractivity contribution is 0.108. The van der Waals surface area contributed by atoms with Crippen LogP contribution < -0.4 is 0 Å². The number of hydrogen-bond donors (Lipinski definition) is 0. The van der Waals surface area contributed by atoms with Crippen molar-refractivity contribution in [1.29, 1.82) is 0 Å². The van der Waals surface area contributed by atoms with Crippen LogP contribution in [0.15, 0.2) is 24.5 Å². The first-order valence-corrected chi connectivity index (χ1v) is 4.90. The van der Waals surface area contributed by atoms with E-state index in [1.807, 2.05) is 6.07 Å². The summed E-state index contributed by atoms with van der Waals surface area (Å²) in [5.74, 6) is 0. The normalized spacial score (nSPS) is 10.1. The molecular weight excluding hydrogens is 222 g/mol. The zero-order valence-electron chi connectivity index (χ0n) is 6.85. The first-order valence-electron chi connectivity index (χ1n) is 3.71. The zero-order chi connectivity index (χ0) is 9.97. The van der Waals surface area contributed by atoms with Gasteiger partial charge in [0.15, 0.2) is 0 Å².